The van der Waals surface area contributed by atoms with Crippen LogP contribution in [0, 0.1) is 0 Å². The molecule has 0 fully saturated rings. The first-order valence-corrected chi connectivity index (χ1v) is 6.37. The van der Waals surface area contributed by atoms with E-state index in [1.807, 2.05) is 0 Å². The molecule has 0 amide bonds. The summed E-state index contributed by atoms with van der Waals surface area (Å²) in [5.74, 6) is -1.78. The maximum atomic E-state index is 11.5. The summed E-state index contributed by atoms with van der Waals surface area (Å²) < 4.78 is 11.5. The van der Waals surface area contributed by atoms with Crippen LogP contribution < -0.4 is 0 Å². The molecule has 0 radical (unpaired) electrons. The van der Waals surface area contributed by atoms with E-state index in [-0.39, 0.29) is 23.5 Å². The van der Waals surface area contributed by atoms with Crippen molar-refractivity contribution in [3.05, 3.63) is 35.4 Å². The van der Waals surface area contributed by atoms with Gasteiger partial charge in [0.15, 0.2) is 0 Å². The first-order valence-electron chi connectivity index (χ1n) is 4.88. The van der Waals surface area contributed by atoms with Crippen molar-refractivity contribution in [3.63, 3.8) is 0 Å². The second kappa shape index (κ2) is 6.15. The van der Waals surface area contributed by atoms with Gasteiger partial charge < -0.3 is 10.2 Å². The summed E-state index contributed by atoms with van der Waals surface area (Å²) in [6, 6.07) is 6.14. The van der Waals surface area contributed by atoms with Crippen LogP contribution in [-0.4, -0.2) is 32.1 Å². The number of aliphatic carboxylic acids is 1. The molecular formula is C11H12O5S. The van der Waals surface area contributed by atoms with Crippen LogP contribution in [0.15, 0.2) is 24.3 Å². The Bertz CT molecular complexity index is 455. The van der Waals surface area contributed by atoms with E-state index in [0.29, 0.717) is 5.56 Å². The highest BCUT2D eigenvalue weighted by atomic mass is 32.2. The van der Waals surface area contributed by atoms with Gasteiger partial charge in [-0.2, -0.15) is 0 Å². The lowest BCUT2D eigenvalue weighted by Crippen LogP contribution is -2.07. The number of carbonyl (C=O) groups is 2. The molecule has 5 nitrogen and oxygen atoms in total. The lowest BCUT2D eigenvalue weighted by Gasteiger charge is -2.02. The van der Waals surface area contributed by atoms with E-state index in [1.165, 1.54) is 12.1 Å². The maximum absolute atomic E-state index is 11.5. The van der Waals surface area contributed by atoms with Crippen LogP contribution in [0.3, 0.4) is 0 Å². The number of benzene rings is 1. The molecule has 0 heterocycles. The van der Waals surface area contributed by atoms with Crippen LogP contribution in [0.1, 0.15) is 22.3 Å². The number of rotatable bonds is 6. The number of hydrogen-bond donors (Lipinski definition) is 2. The van der Waals surface area contributed by atoms with Crippen LogP contribution in [-0.2, 0) is 21.3 Å². The van der Waals surface area contributed by atoms with Crippen molar-refractivity contribution < 1.29 is 24.0 Å². The summed E-state index contributed by atoms with van der Waals surface area (Å²) in [4.78, 5) is 21.0. The summed E-state index contributed by atoms with van der Waals surface area (Å²) in [6.45, 7) is 0. The van der Waals surface area contributed by atoms with Gasteiger partial charge in [0.05, 0.1) is 12.0 Å². The molecule has 0 aliphatic carbocycles. The zero-order valence-corrected chi connectivity index (χ0v) is 9.77. The molecule has 1 unspecified atom stereocenters. The summed E-state index contributed by atoms with van der Waals surface area (Å²) in [7, 11) is -1.29. The monoisotopic (exact) mass is 256 g/mol. The maximum Gasteiger partial charge on any atom is 0.335 e. The van der Waals surface area contributed by atoms with Crippen LogP contribution in [0.25, 0.3) is 0 Å². The van der Waals surface area contributed by atoms with Crippen LogP contribution >= 0.6 is 0 Å². The van der Waals surface area contributed by atoms with Crippen LogP contribution in [0.5, 0.6) is 0 Å². The normalized spacial score (nSPS) is 12.0. The molecule has 92 valence electrons. The Morgan fingerprint density at radius 1 is 1.24 bits per heavy atom. The SMILES string of the molecule is O=C(O)CCS(=O)Cc1cccc(C(=O)O)c1. The summed E-state index contributed by atoms with van der Waals surface area (Å²) >= 11 is 0. The van der Waals surface area contributed by atoms with E-state index in [4.69, 9.17) is 10.2 Å². The van der Waals surface area contributed by atoms with E-state index in [0.717, 1.165) is 0 Å². The average Bonchev–Trinajstić information content (AvgIpc) is 2.26. The van der Waals surface area contributed by atoms with Gasteiger partial charge in [0.2, 0.25) is 0 Å². The molecule has 0 saturated carbocycles. The molecule has 0 aromatic heterocycles. The molecule has 0 spiro atoms. The Morgan fingerprint density at radius 3 is 2.53 bits per heavy atom. The zero-order chi connectivity index (χ0) is 12.8. The first-order chi connectivity index (χ1) is 7.99. The topological polar surface area (TPSA) is 91.7 Å². The van der Waals surface area contributed by atoms with Gasteiger partial charge in [-0.1, -0.05) is 12.1 Å². The molecule has 6 heteroatoms. The standard InChI is InChI=1S/C11H12O5S/c12-10(13)4-5-17(16)7-8-2-1-3-9(6-8)11(14)15/h1-3,6H,4-5,7H2,(H,12,13)(H,14,15). The van der Waals surface area contributed by atoms with E-state index in [9.17, 15) is 13.8 Å². The molecular weight excluding hydrogens is 244 g/mol. The van der Waals surface area contributed by atoms with Crippen molar-refractivity contribution in [1.29, 1.82) is 0 Å². The highest BCUT2D eigenvalue weighted by Gasteiger charge is 2.07. The Labute approximate surface area is 101 Å². The first kappa shape index (κ1) is 13.4. The van der Waals surface area contributed by atoms with Gasteiger partial charge in [-0.05, 0) is 17.7 Å². The summed E-state index contributed by atoms with van der Waals surface area (Å²) in [6.07, 6.45) is -0.148. The smallest absolute Gasteiger partial charge is 0.335 e. The molecule has 17 heavy (non-hydrogen) atoms. The Morgan fingerprint density at radius 2 is 1.94 bits per heavy atom. The van der Waals surface area contributed by atoms with E-state index >= 15 is 0 Å². The number of carboxylic acids is 2. The van der Waals surface area contributed by atoms with Crippen LogP contribution in [0.4, 0.5) is 0 Å². The van der Waals surface area contributed by atoms with E-state index in [2.05, 4.69) is 0 Å². The molecule has 1 aromatic rings. The average molecular weight is 256 g/mol. The number of aromatic carboxylic acids is 1. The highest BCUT2D eigenvalue weighted by molar-refractivity contribution is 7.84. The van der Waals surface area contributed by atoms with Crippen molar-refractivity contribution >= 4 is 22.7 Å². The van der Waals surface area contributed by atoms with E-state index in [1.54, 1.807) is 12.1 Å². The lowest BCUT2D eigenvalue weighted by atomic mass is 10.1. The third-order valence-corrected chi connectivity index (χ3v) is 3.36. The fourth-order valence-corrected chi connectivity index (χ4v) is 2.35. The molecule has 0 aliphatic heterocycles. The molecule has 0 aliphatic rings. The van der Waals surface area contributed by atoms with E-state index < -0.39 is 22.7 Å². The zero-order valence-electron chi connectivity index (χ0n) is 8.96. The number of carboxylic acid groups (broad SMARTS) is 2. The molecule has 1 atom stereocenters. The third kappa shape index (κ3) is 4.78. The van der Waals surface area contributed by atoms with Crippen molar-refractivity contribution in [2.45, 2.75) is 12.2 Å². The largest absolute Gasteiger partial charge is 0.481 e. The number of hydrogen-bond acceptors (Lipinski definition) is 3. The predicted molar refractivity (Wildman–Crippen MR) is 62.4 cm³/mol. The molecule has 1 aromatic carbocycles. The van der Waals surface area contributed by atoms with Crippen molar-refractivity contribution in [1.82, 2.24) is 0 Å². The third-order valence-electron chi connectivity index (χ3n) is 2.05. The molecule has 0 bridgehead atoms. The summed E-state index contributed by atoms with van der Waals surface area (Å²) in [5.41, 5.74) is 0.770. The second-order valence-electron chi connectivity index (χ2n) is 3.44. The minimum atomic E-state index is -1.29. The van der Waals surface area contributed by atoms with Gasteiger partial charge in [0.25, 0.3) is 0 Å². The van der Waals surface area contributed by atoms with Gasteiger partial charge in [-0.3, -0.25) is 9.00 Å². The van der Waals surface area contributed by atoms with Gasteiger partial charge in [0.1, 0.15) is 0 Å². The predicted octanol–water partition coefficient (Wildman–Crippen LogP) is 1.11. The Kier molecular flexibility index (Phi) is 4.84. The van der Waals surface area contributed by atoms with Crippen molar-refractivity contribution in [2.75, 3.05) is 5.75 Å². The summed E-state index contributed by atoms with van der Waals surface area (Å²) in [5, 5.41) is 17.2. The minimum Gasteiger partial charge on any atom is -0.481 e. The Hall–Kier alpha value is -1.69. The van der Waals surface area contributed by atoms with Crippen molar-refractivity contribution in [2.24, 2.45) is 0 Å². The van der Waals surface area contributed by atoms with Gasteiger partial charge in [-0.15, -0.1) is 0 Å². The van der Waals surface area contributed by atoms with Crippen molar-refractivity contribution in [3.8, 4) is 0 Å². The highest BCUT2D eigenvalue weighted by Crippen LogP contribution is 2.08. The van der Waals surface area contributed by atoms with Gasteiger partial charge in [0, 0.05) is 22.3 Å². The Balaban J connectivity index is 2.62. The fraction of sp³-hybridized carbons (Fsp3) is 0.273. The molecule has 1 rings (SSSR count). The quantitative estimate of drug-likeness (QED) is 0.795. The van der Waals surface area contributed by atoms with Gasteiger partial charge >= 0.3 is 11.9 Å². The molecule has 2 N–H and O–H groups in total. The second-order valence-corrected chi connectivity index (χ2v) is 5.01. The lowest BCUT2D eigenvalue weighted by molar-refractivity contribution is -0.136. The van der Waals surface area contributed by atoms with Gasteiger partial charge in [-0.25, -0.2) is 4.79 Å². The molecule has 0 saturated heterocycles. The minimum absolute atomic E-state index is 0.0760. The fourth-order valence-electron chi connectivity index (χ4n) is 1.25. The van der Waals surface area contributed by atoms with Crippen LogP contribution in [0.2, 0.25) is 0 Å².